The minimum Gasteiger partial charge on any atom is -0.343 e. The van der Waals surface area contributed by atoms with Crippen molar-refractivity contribution in [3.63, 3.8) is 0 Å². The van der Waals surface area contributed by atoms with Gasteiger partial charge in [-0.25, -0.2) is 0 Å². The maximum atomic E-state index is 12.4. The third-order valence-electron chi connectivity index (χ3n) is 3.94. The van der Waals surface area contributed by atoms with Gasteiger partial charge in [-0.15, -0.1) is 0 Å². The fraction of sp³-hybridized carbons (Fsp3) is 0.353. The number of amides is 1. The predicted molar refractivity (Wildman–Crippen MR) is 84.7 cm³/mol. The Morgan fingerprint density at radius 3 is 2.36 bits per heavy atom. The summed E-state index contributed by atoms with van der Waals surface area (Å²) in [5.74, 6) is -1.14. The molecule has 0 radical (unpaired) electrons. The van der Waals surface area contributed by atoms with Crippen LogP contribution in [0.15, 0.2) is 24.3 Å². The van der Waals surface area contributed by atoms with Gasteiger partial charge in [0.1, 0.15) is 0 Å². The number of hydrogen-bond donors (Lipinski definition) is 1. The highest BCUT2D eigenvalue weighted by Crippen LogP contribution is 2.18. The van der Waals surface area contributed by atoms with Crippen LogP contribution in [0, 0.1) is 20.8 Å². The van der Waals surface area contributed by atoms with Gasteiger partial charge < -0.3 is 5.32 Å². The van der Waals surface area contributed by atoms with Gasteiger partial charge in [-0.3, -0.25) is 14.3 Å². The van der Waals surface area contributed by atoms with Crippen molar-refractivity contribution >= 4 is 11.7 Å². The monoisotopic (exact) mass is 299 g/mol. The normalized spacial score (nSPS) is 12.0. The summed E-state index contributed by atoms with van der Waals surface area (Å²) in [6.07, 6.45) is 0. The first-order valence-corrected chi connectivity index (χ1v) is 7.23. The van der Waals surface area contributed by atoms with Gasteiger partial charge in [0.05, 0.1) is 17.3 Å². The van der Waals surface area contributed by atoms with Gasteiger partial charge in [0.25, 0.3) is 11.7 Å². The molecule has 0 bridgehead atoms. The van der Waals surface area contributed by atoms with Crippen LogP contribution in [0.2, 0.25) is 0 Å². The molecular formula is C17H21N3O2. The minimum atomic E-state index is -0.602. The Hall–Kier alpha value is -2.43. The number of nitrogens with one attached hydrogen (secondary N) is 1. The number of rotatable bonds is 4. The number of carbonyl (C=O) groups is 2. The highest BCUT2D eigenvalue weighted by molar-refractivity contribution is 6.43. The van der Waals surface area contributed by atoms with Gasteiger partial charge in [-0.05, 0) is 38.8 Å². The number of aryl methyl sites for hydroxylation is 3. The van der Waals surface area contributed by atoms with Crippen LogP contribution in [-0.2, 0) is 11.8 Å². The molecule has 0 aliphatic carbocycles. The molecule has 5 heteroatoms. The van der Waals surface area contributed by atoms with Gasteiger partial charge >= 0.3 is 0 Å². The largest absolute Gasteiger partial charge is 0.343 e. The van der Waals surface area contributed by atoms with Crippen molar-refractivity contribution in [3.05, 3.63) is 52.3 Å². The molecule has 0 saturated carbocycles. The van der Waals surface area contributed by atoms with Crippen LogP contribution in [0.1, 0.15) is 45.8 Å². The molecule has 22 heavy (non-hydrogen) atoms. The molecule has 2 rings (SSSR count). The lowest BCUT2D eigenvalue weighted by Crippen LogP contribution is -2.34. The second-order valence-corrected chi connectivity index (χ2v) is 5.55. The van der Waals surface area contributed by atoms with E-state index >= 15 is 0 Å². The van der Waals surface area contributed by atoms with E-state index in [1.807, 2.05) is 38.1 Å². The van der Waals surface area contributed by atoms with Crippen LogP contribution >= 0.6 is 0 Å². The number of ketones is 1. The van der Waals surface area contributed by atoms with E-state index in [4.69, 9.17) is 0 Å². The predicted octanol–water partition coefficient (Wildman–Crippen LogP) is 2.41. The highest BCUT2D eigenvalue weighted by atomic mass is 16.2. The molecule has 0 saturated heterocycles. The molecule has 1 amide bonds. The zero-order chi connectivity index (χ0) is 16.4. The van der Waals surface area contributed by atoms with Crippen LogP contribution in [0.5, 0.6) is 0 Å². The Bertz CT molecular complexity index is 732. The van der Waals surface area contributed by atoms with E-state index in [2.05, 4.69) is 10.4 Å². The molecule has 1 N–H and O–H groups in total. The summed E-state index contributed by atoms with van der Waals surface area (Å²) >= 11 is 0. The van der Waals surface area contributed by atoms with Crippen LogP contribution < -0.4 is 5.32 Å². The summed E-state index contributed by atoms with van der Waals surface area (Å²) in [5.41, 5.74) is 3.74. The number of carbonyl (C=O) groups excluding carboxylic acids is 2. The maximum absolute atomic E-state index is 12.4. The van der Waals surface area contributed by atoms with Crippen molar-refractivity contribution in [3.8, 4) is 0 Å². The number of benzene rings is 1. The highest BCUT2D eigenvalue weighted by Gasteiger charge is 2.25. The van der Waals surface area contributed by atoms with Gasteiger partial charge in [0.15, 0.2) is 0 Å². The van der Waals surface area contributed by atoms with Crippen LogP contribution in [0.3, 0.4) is 0 Å². The zero-order valence-corrected chi connectivity index (χ0v) is 13.6. The summed E-state index contributed by atoms with van der Waals surface area (Å²) in [6, 6.07) is 7.57. The van der Waals surface area contributed by atoms with E-state index in [9.17, 15) is 9.59 Å². The second-order valence-electron chi connectivity index (χ2n) is 5.55. The third kappa shape index (κ3) is 2.93. The topological polar surface area (TPSA) is 64.0 Å². The summed E-state index contributed by atoms with van der Waals surface area (Å²) in [4.78, 5) is 24.6. The Morgan fingerprint density at radius 1 is 1.18 bits per heavy atom. The van der Waals surface area contributed by atoms with Crippen molar-refractivity contribution in [2.45, 2.75) is 33.7 Å². The zero-order valence-electron chi connectivity index (χ0n) is 13.6. The first-order valence-electron chi connectivity index (χ1n) is 7.23. The van der Waals surface area contributed by atoms with Gasteiger partial charge in [-0.2, -0.15) is 5.10 Å². The fourth-order valence-corrected chi connectivity index (χ4v) is 2.63. The van der Waals surface area contributed by atoms with Crippen molar-refractivity contribution in [1.29, 1.82) is 0 Å². The molecule has 2 aromatic rings. The average Bonchev–Trinajstić information content (AvgIpc) is 2.71. The molecule has 1 atom stereocenters. The molecule has 1 heterocycles. The lowest BCUT2D eigenvalue weighted by atomic mass is 10.0. The van der Waals surface area contributed by atoms with Crippen molar-refractivity contribution in [2.24, 2.45) is 7.05 Å². The molecule has 0 aliphatic rings. The van der Waals surface area contributed by atoms with Gasteiger partial charge in [-0.1, -0.05) is 24.3 Å². The number of aromatic nitrogens is 2. The fourth-order valence-electron chi connectivity index (χ4n) is 2.63. The first-order chi connectivity index (χ1) is 10.3. The summed E-state index contributed by atoms with van der Waals surface area (Å²) in [7, 11) is 1.76. The molecule has 5 nitrogen and oxygen atoms in total. The molecule has 1 aromatic heterocycles. The summed E-state index contributed by atoms with van der Waals surface area (Å²) in [5, 5.41) is 6.95. The average molecular weight is 299 g/mol. The van der Waals surface area contributed by atoms with Crippen molar-refractivity contribution in [2.75, 3.05) is 0 Å². The molecule has 1 aromatic carbocycles. The Labute approximate surface area is 130 Å². The van der Waals surface area contributed by atoms with Crippen LogP contribution in [0.4, 0.5) is 0 Å². The quantitative estimate of drug-likeness (QED) is 0.696. The van der Waals surface area contributed by atoms with E-state index in [1.54, 1.807) is 25.6 Å². The summed E-state index contributed by atoms with van der Waals surface area (Å²) < 4.78 is 1.61. The second kappa shape index (κ2) is 6.13. The minimum absolute atomic E-state index is 0.227. The van der Waals surface area contributed by atoms with Crippen LogP contribution in [-0.4, -0.2) is 21.5 Å². The Kier molecular flexibility index (Phi) is 4.45. The Morgan fingerprint density at radius 2 is 1.82 bits per heavy atom. The molecular weight excluding hydrogens is 278 g/mol. The lowest BCUT2D eigenvalue weighted by molar-refractivity contribution is -0.117. The van der Waals surface area contributed by atoms with E-state index < -0.39 is 11.7 Å². The Balaban J connectivity index is 2.19. The first kappa shape index (κ1) is 15.9. The van der Waals surface area contributed by atoms with Crippen LogP contribution in [0.25, 0.3) is 0 Å². The lowest BCUT2D eigenvalue weighted by Gasteiger charge is -2.16. The molecule has 0 spiro atoms. The number of nitrogens with zero attached hydrogens (tertiary/aromatic N) is 2. The van der Waals surface area contributed by atoms with Gasteiger partial charge in [0, 0.05) is 12.7 Å². The van der Waals surface area contributed by atoms with Crippen molar-refractivity contribution in [1.82, 2.24) is 15.1 Å². The SMILES string of the molecule is Cc1ccccc1C(C)NC(=O)C(=O)c1c(C)nn(C)c1C. The van der Waals surface area contributed by atoms with Gasteiger partial charge in [0.2, 0.25) is 0 Å². The maximum Gasteiger partial charge on any atom is 0.293 e. The van der Waals surface area contributed by atoms with E-state index in [0.29, 0.717) is 17.0 Å². The molecule has 116 valence electrons. The third-order valence-corrected chi connectivity index (χ3v) is 3.94. The number of hydrogen-bond acceptors (Lipinski definition) is 3. The summed E-state index contributed by atoms with van der Waals surface area (Å²) in [6.45, 7) is 7.37. The van der Waals surface area contributed by atoms with E-state index in [-0.39, 0.29) is 6.04 Å². The molecule has 0 aliphatic heterocycles. The molecule has 1 unspecified atom stereocenters. The standard InChI is InChI=1S/C17H21N3O2/c1-10-8-6-7-9-14(10)11(2)18-17(22)16(21)15-12(3)19-20(5)13(15)4/h6-9,11H,1-5H3,(H,18,22). The van der Waals surface area contributed by atoms with E-state index in [1.165, 1.54) is 0 Å². The van der Waals surface area contributed by atoms with Crippen molar-refractivity contribution < 1.29 is 9.59 Å². The number of Topliss-reactive ketones (excluding diaryl/α,β-unsaturated/α-hetero) is 1. The molecule has 0 fully saturated rings. The smallest absolute Gasteiger partial charge is 0.293 e. The van der Waals surface area contributed by atoms with E-state index in [0.717, 1.165) is 11.1 Å².